The van der Waals surface area contributed by atoms with E-state index in [0.29, 0.717) is 24.1 Å². The molecular weight excluding hydrogens is 325 g/mol. The Kier molecular flexibility index (Phi) is 6.34. The summed E-state index contributed by atoms with van der Waals surface area (Å²) in [6.07, 6.45) is -2.34. The van der Waals surface area contributed by atoms with E-state index < -0.39 is 11.7 Å². The Morgan fingerprint density at radius 3 is 2.48 bits per heavy atom. The lowest BCUT2D eigenvalue weighted by Gasteiger charge is -2.36. The number of nitrogens with zero attached hydrogens (tertiary/aromatic N) is 1. The van der Waals surface area contributed by atoms with E-state index in [1.165, 1.54) is 12.1 Å². The largest absolute Gasteiger partial charge is 0.417 e. The van der Waals surface area contributed by atoms with E-state index in [1.807, 2.05) is 0 Å². The Morgan fingerprint density at radius 2 is 1.91 bits per heavy atom. The van der Waals surface area contributed by atoms with E-state index >= 15 is 0 Å². The quantitative estimate of drug-likeness (QED) is 0.838. The molecule has 2 rings (SSSR count). The molecule has 2 nitrogen and oxygen atoms in total. The van der Waals surface area contributed by atoms with Crippen molar-refractivity contribution in [3.05, 3.63) is 34.3 Å². The molecule has 23 heavy (non-hydrogen) atoms. The van der Waals surface area contributed by atoms with Gasteiger partial charge in [-0.2, -0.15) is 13.2 Å². The molecule has 0 aromatic heterocycles. The van der Waals surface area contributed by atoms with Gasteiger partial charge in [-0.1, -0.05) is 31.5 Å². The summed E-state index contributed by atoms with van der Waals surface area (Å²) in [6.45, 7) is 7.62. The Hall–Kier alpha value is -0.780. The monoisotopic (exact) mass is 348 g/mol. The maximum atomic E-state index is 13.0. The zero-order chi connectivity index (χ0) is 17.0. The molecule has 1 heterocycles. The molecule has 0 amide bonds. The first-order valence-electron chi connectivity index (χ1n) is 8.07. The Bertz CT molecular complexity index is 511. The maximum Gasteiger partial charge on any atom is 0.417 e. The van der Waals surface area contributed by atoms with Gasteiger partial charge in [0, 0.05) is 19.1 Å². The lowest BCUT2D eigenvalue weighted by atomic mass is 10.0. The Morgan fingerprint density at radius 1 is 1.26 bits per heavy atom. The fourth-order valence-electron chi connectivity index (χ4n) is 3.11. The highest BCUT2D eigenvalue weighted by atomic mass is 35.5. The number of hydrogen-bond donors (Lipinski definition) is 1. The van der Waals surface area contributed by atoms with Crippen molar-refractivity contribution in [2.75, 3.05) is 19.6 Å². The summed E-state index contributed by atoms with van der Waals surface area (Å²) in [5.41, 5.74) is -0.0765. The highest BCUT2D eigenvalue weighted by Gasteiger charge is 2.33. The average Bonchev–Trinajstić information content (AvgIpc) is 2.48. The van der Waals surface area contributed by atoms with Crippen molar-refractivity contribution in [1.29, 1.82) is 0 Å². The maximum absolute atomic E-state index is 13.0. The molecule has 1 aliphatic heterocycles. The minimum absolute atomic E-state index is 0.237. The first-order chi connectivity index (χ1) is 10.8. The zero-order valence-electron chi connectivity index (χ0n) is 13.6. The van der Waals surface area contributed by atoms with Crippen LogP contribution in [0, 0.1) is 5.92 Å². The highest BCUT2D eigenvalue weighted by molar-refractivity contribution is 6.31. The molecular formula is C17H24ClF3N2. The second-order valence-corrected chi connectivity index (χ2v) is 7.02. The third-order valence-electron chi connectivity index (χ3n) is 4.15. The standard InChI is InChI=1S/C17H24ClF3N2/c1-12(2)10-23(14-5-7-22-8-6-14)11-13-3-4-16(18)15(9-13)17(19,20)21/h3-4,9,12,14,22H,5-8,10-11H2,1-2H3. The van der Waals surface area contributed by atoms with Crippen molar-refractivity contribution < 1.29 is 13.2 Å². The molecule has 0 aliphatic carbocycles. The van der Waals surface area contributed by atoms with Crippen LogP contribution in [0.2, 0.25) is 5.02 Å². The summed E-state index contributed by atoms with van der Waals surface area (Å²) in [5.74, 6) is 0.472. The second-order valence-electron chi connectivity index (χ2n) is 6.62. The number of nitrogens with one attached hydrogen (secondary N) is 1. The van der Waals surface area contributed by atoms with Crippen LogP contribution in [0.15, 0.2) is 18.2 Å². The first kappa shape index (κ1) is 18.6. The molecule has 130 valence electrons. The number of rotatable bonds is 5. The molecule has 1 saturated heterocycles. The van der Waals surface area contributed by atoms with Gasteiger partial charge in [-0.05, 0) is 49.5 Å². The van der Waals surface area contributed by atoms with Gasteiger partial charge in [0.1, 0.15) is 0 Å². The van der Waals surface area contributed by atoms with Gasteiger partial charge in [-0.15, -0.1) is 0 Å². The number of benzene rings is 1. The molecule has 1 aromatic rings. The predicted octanol–water partition coefficient (Wildman–Crippen LogP) is 4.57. The summed E-state index contributed by atoms with van der Waals surface area (Å²) in [4.78, 5) is 2.31. The van der Waals surface area contributed by atoms with E-state index in [2.05, 4.69) is 24.1 Å². The molecule has 1 N–H and O–H groups in total. The fraction of sp³-hybridized carbons (Fsp3) is 0.647. The van der Waals surface area contributed by atoms with E-state index in [9.17, 15) is 13.2 Å². The van der Waals surface area contributed by atoms with Gasteiger partial charge in [-0.25, -0.2) is 0 Å². The van der Waals surface area contributed by atoms with E-state index in [0.717, 1.165) is 32.5 Å². The molecule has 1 fully saturated rings. The Labute approximate surface area is 141 Å². The van der Waals surface area contributed by atoms with Gasteiger partial charge in [0.05, 0.1) is 10.6 Å². The van der Waals surface area contributed by atoms with Crippen molar-refractivity contribution in [3.8, 4) is 0 Å². The number of hydrogen-bond acceptors (Lipinski definition) is 2. The summed E-state index contributed by atoms with van der Waals surface area (Å²) in [5, 5.41) is 3.09. The van der Waals surface area contributed by atoms with Crippen LogP contribution in [0.3, 0.4) is 0 Å². The molecule has 0 atom stereocenters. The fourth-order valence-corrected chi connectivity index (χ4v) is 3.33. The van der Waals surface area contributed by atoms with Gasteiger partial charge in [0.25, 0.3) is 0 Å². The van der Waals surface area contributed by atoms with Crippen LogP contribution in [0.4, 0.5) is 13.2 Å². The van der Waals surface area contributed by atoms with E-state index in [4.69, 9.17) is 11.6 Å². The summed E-state index contributed by atoms with van der Waals surface area (Å²) in [6, 6.07) is 4.67. The minimum atomic E-state index is -4.41. The van der Waals surface area contributed by atoms with Gasteiger partial charge < -0.3 is 5.32 Å². The predicted molar refractivity (Wildman–Crippen MR) is 87.6 cm³/mol. The van der Waals surface area contributed by atoms with E-state index in [1.54, 1.807) is 6.07 Å². The van der Waals surface area contributed by atoms with Crippen molar-refractivity contribution in [3.63, 3.8) is 0 Å². The van der Waals surface area contributed by atoms with Crippen LogP contribution >= 0.6 is 11.6 Å². The number of halogens is 4. The van der Waals surface area contributed by atoms with Crippen LogP contribution in [0.25, 0.3) is 0 Å². The first-order valence-corrected chi connectivity index (χ1v) is 8.45. The minimum Gasteiger partial charge on any atom is -0.317 e. The van der Waals surface area contributed by atoms with Crippen molar-refractivity contribution >= 4 is 11.6 Å². The Balaban J connectivity index is 2.18. The molecule has 1 aromatic carbocycles. The lowest BCUT2D eigenvalue weighted by Crippen LogP contribution is -2.44. The van der Waals surface area contributed by atoms with Gasteiger partial charge in [-0.3, -0.25) is 4.90 Å². The van der Waals surface area contributed by atoms with Crippen LogP contribution < -0.4 is 5.32 Å². The number of piperidine rings is 1. The summed E-state index contributed by atoms with van der Waals surface area (Å²) >= 11 is 5.71. The smallest absolute Gasteiger partial charge is 0.317 e. The molecule has 0 radical (unpaired) electrons. The second kappa shape index (κ2) is 7.86. The third-order valence-corrected chi connectivity index (χ3v) is 4.48. The van der Waals surface area contributed by atoms with Crippen LogP contribution in [-0.4, -0.2) is 30.6 Å². The van der Waals surface area contributed by atoms with Crippen LogP contribution in [0.5, 0.6) is 0 Å². The van der Waals surface area contributed by atoms with Gasteiger partial charge >= 0.3 is 6.18 Å². The molecule has 0 unspecified atom stereocenters. The lowest BCUT2D eigenvalue weighted by molar-refractivity contribution is -0.137. The normalized spacial score (nSPS) is 17.2. The molecule has 1 aliphatic rings. The summed E-state index contributed by atoms with van der Waals surface area (Å²) in [7, 11) is 0. The average molecular weight is 349 g/mol. The molecule has 0 spiro atoms. The number of alkyl halides is 3. The SMILES string of the molecule is CC(C)CN(Cc1ccc(Cl)c(C(F)(F)F)c1)C1CCNCC1. The third kappa shape index (κ3) is 5.37. The van der Waals surface area contributed by atoms with Gasteiger partial charge in [0.15, 0.2) is 0 Å². The van der Waals surface area contributed by atoms with Crippen molar-refractivity contribution in [2.24, 2.45) is 5.92 Å². The summed E-state index contributed by atoms with van der Waals surface area (Å²) < 4.78 is 39.1. The molecule has 0 saturated carbocycles. The van der Waals surface area contributed by atoms with Crippen molar-refractivity contribution in [2.45, 2.75) is 45.5 Å². The van der Waals surface area contributed by atoms with Crippen molar-refractivity contribution in [1.82, 2.24) is 10.2 Å². The van der Waals surface area contributed by atoms with E-state index in [-0.39, 0.29) is 5.02 Å². The molecule has 6 heteroatoms. The zero-order valence-corrected chi connectivity index (χ0v) is 14.3. The van der Waals surface area contributed by atoms with Gasteiger partial charge in [0.2, 0.25) is 0 Å². The highest BCUT2D eigenvalue weighted by Crippen LogP contribution is 2.35. The molecule has 0 bridgehead atoms. The van der Waals surface area contributed by atoms with Crippen LogP contribution in [-0.2, 0) is 12.7 Å². The van der Waals surface area contributed by atoms with Crippen LogP contribution in [0.1, 0.15) is 37.8 Å². The topological polar surface area (TPSA) is 15.3 Å².